The smallest absolute Gasteiger partial charge is 0.123 e. The van der Waals surface area contributed by atoms with Crippen molar-refractivity contribution in [2.45, 2.75) is 19.4 Å². The fraction of sp³-hybridized carbons (Fsp3) is 0.267. The van der Waals surface area contributed by atoms with Crippen LogP contribution in [0.1, 0.15) is 22.7 Å². The van der Waals surface area contributed by atoms with Crippen molar-refractivity contribution in [3.05, 3.63) is 65.2 Å². The molecule has 1 heterocycles. The normalized spacial score (nSPS) is 12.4. The van der Waals surface area contributed by atoms with Gasteiger partial charge in [0.05, 0.1) is 0 Å². The highest BCUT2D eigenvalue weighted by Crippen LogP contribution is 2.22. The lowest BCUT2D eigenvalue weighted by molar-refractivity contribution is 0.573. The summed E-state index contributed by atoms with van der Waals surface area (Å²) in [6.45, 7) is 2.00. The molecule has 0 aliphatic rings. The van der Waals surface area contributed by atoms with Crippen molar-refractivity contribution in [1.29, 1.82) is 0 Å². The number of likely N-dealkylation sites (N-methyl/N-ethyl adjacent to an activating group) is 1. The van der Waals surface area contributed by atoms with Gasteiger partial charge in [-0.25, -0.2) is 4.39 Å². The van der Waals surface area contributed by atoms with Gasteiger partial charge < -0.3 is 5.32 Å². The Hall–Kier alpha value is -1.74. The lowest BCUT2D eigenvalue weighted by Crippen LogP contribution is -2.20. The van der Waals surface area contributed by atoms with E-state index in [2.05, 4.69) is 10.3 Å². The Morgan fingerprint density at radius 2 is 2.17 bits per heavy atom. The minimum atomic E-state index is -0.193. The summed E-state index contributed by atoms with van der Waals surface area (Å²) < 4.78 is 13.3. The minimum Gasteiger partial charge on any atom is -0.313 e. The molecule has 94 valence electrons. The number of aryl methyl sites for hydroxylation is 1. The zero-order valence-electron chi connectivity index (χ0n) is 10.7. The van der Waals surface area contributed by atoms with Gasteiger partial charge in [-0.15, -0.1) is 0 Å². The van der Waals surface area contributed by atoms with Crippen LogP contribution in [0, 0.1) is 12.7 Å². The first-order valence-corrected chi connectivity index (χ1v) is 6.03. The second-order valence-corrected chi connectivity index (χ2v) is 4.41. The highest BCUT2D eigenvalue weighted by molar-refractivity contribution is 5.31. The summed E-state index contributed by atoms with van der Waals surface area (Å²) in [6, 6.07) is 8.97. The Labute approximate surface area is 107 Å². The molecule has 0 saturated heterocycles. The van der Waals surface area contributed by atoms with Gasteiger partial charge in [0, 0.05) is 18.4 Å². The third-order valence-electron chi connectivity index (χ3n) is 3.13. The van der Waals surface area contributed by atoms with Crippen molar-refractivity contribution in [1.82, 2.24) is 10.3 Å². The van der Waals surface area contributed by atoms with Gasteiger partial charge in [0.2, 0.25) is 0 Å². The van der Waals surface area contributed by atoms with Gasteiger partial charge >= 0.3 is 0 Å². The van der Waals surface area contributed by atoms with Crippen molar-refractivity contribution < 1.29 is 4.39 Å². The lowest BCUT2D eigenvalue weighted by atomic mass is 9.96. The summed E-state index contributed by atoms with van der Waals surface area (Å²) in [6.07, 6.45) is 4.40. The van der Waals surface area contributed by atoms with Crippen molar-refractivity contribution in [3.8, 4) is 0 Å². The molecule has 2 rings (SSSR count). The fourth-order valence-corrected chi connectivity index (χ4v) is 2.11. The first-order chi connectivity index (χ1) is 8.70. The maximum atomic E-state index is 13.3. The first kappa shape index (κ1) is 12.7. The molecule has 0 radical (unpaired) electrons. The van der Waals surface area contributed by atoms with Crippen molar-refractivity contribution in [2.75, 3.05) is 7.05 Å². The van der Waals surface area contributed by atoms with E-state index < -0.39 is 0 Å². The van der Waals surface area contributed by atoms with E-state index in [9.17, 15) is 4.39 Å². The Morgan fingerprint density at radius 3 is 2.83 bits per heavy atom. The van der Waals surface area contributed by atoms with Gasteiger partial charge in [0.25, 0.3) is 0 Å². The Kier molecular flexibility index (Phi) is 4.05. The summed E-state index contributed by atoms with van der Waals surface area (Å²) in [7, 11) is 1.89. The number of nitrogens with zero attached hydrogens (tertiary/aromatic N) is 1. The lowest BCUT2D eigenvalue weighted by Gasteiger charge is -2.19. The third kappa shape index (κ3) is 2.93. The molecule has 0 spiro atoms. The van der Waals surface area contributed by atoms with E-state index in [1.165, 1.54) is 6.07 Å². The molecular formula is C15H17FN2. The molecule has 1 atom stereocenters. The van der Waals surface area contributed by atoms with E-state index in [0.29, 0.717) is 0 Å². The number of benzene rings is 1. The van der Waals surface area contributed by atoms with Gasteiger partial charge in [-0.3, -0.25) is 4.98 Å². The number of pyridine rings is 1. The van der Waals surface area contributed by atoms with Crippen LogP contribution in [0.3, 0.4) is 0 Å². The number of hydrogen-bond donors (Lipinski definition) is 1. The van der Waals surface area contributed by atoms with Crippen molar-refractivity contribution >= 4 is 0 Å². The second-order valence-electron chi connectivity index (χ2n) is 4.41. The second kappa shape index (κ2) is 5.74. The Bertz CT molecular complexity index is 511. The molecule has 0 amide bonds. The van der Waals surface area contributed by atoms with Gasteiger partial charge in [0.15, 0.2) is 0 Å². The van der Waals surface area contributed by atoms with Crippen molar-refractivity contribution in [2.24, 2.45) is 0 Å². The Balaban J connectivity index is 2.26. The average molecular weight is 244 g/mol. The predicted molar refractivity (Wildman–Crippen MR) is 70.9 cm³/mol. The van der Waals surface area contributed by atoms with E-state index in [1.807, 2.05) is 38.4 Å². The van der Waals surface area contributed by atoms with Crippen molar-refractivity contribution in [3.63, 3.8) is 0 Å². The molecule has 2 aromatic rings. The van der Waals surface area contributed by atoms with E-state index in [1.54, 1.807) is 12.3 Å². The zero-order chi connectivity index (χ0) is 13.0. The SMILES string of the molecule is CNC(Cc1cccnc1)c1cc(F)ccc1C. The van der Waals surface area contributed by atoms with E-state index in [-0.39, 0.29) is 11.9 Å². The van der Waals surface area contributed by atoms with E-state index in [4.69, 9.17) is 0 Å². The molecule has 0 bridgehead atoms. The molecule has 0 aliphatic heterocycles. The summed E-state index contributed by atoms with van der Waals surface area (Å²) >= 11 is 0. The van der Waals surface area contributed by atoms with Gasteiger partial charge in [0.1, 0.15) is 5.82 Å². The van der Waals surface area contributed by atoms with Crippen LogP contribution in [0.4, 0.5) is 4.39 Å². The molecule has 1 aromatic heterocycles. The maximum Gasteiger partial charge on any atom is 0.123 e. The molecular weight excluding hydrogens is 227 g/mol. The molecule has 0 saturated carbocycles. The van der Waals surface area contributed by atoms with Crippen LogP contribution in [0.15, 0.2) is 42.7 Å². The first-order valence-electron chi connectivity index (χ1n) is 6.03. The van der Waals surface area contributed by atoms with E-state index >= 15 is 0 Å². The van der Waals surface area contributed by atoms with Crippen LogP contribution in [0.2, 0.25) is 0 Å². The van der Waals surface area contributed by atoms with Crippen LogP contribution in [0.25, 0.3) is 0 Å². The topological polar surface area (TPSA) is 24.9 Å². The number of hydrogen-bond acceptors (Lipinski definition) is 2. The van der Waals surface area contributed by atoms with Gasteiger partial charge in [-0.05, 0) is 55.3 Å². The number of aromatic nitrogens is 1. The number of halogens is 1. The number of nitrogens with one attached hydrogen (secondary N) is 1. The van der Waals surface area contributed by atoms with Crippen LogP contribution in [-0.4, -0.2) is 12.0 Å². The zero-order valence-corrected chi connectivity index (χ0v) is 10.7. The van der Waals surface area contributed by atoms with Gasteiger partial charge in [-0.2, -0.15) is 0 Å². The third-order valence-corrected chi connectivity index (χ3v) is 3.13. The highest BCUT2D eigenvalue weighted by Gasteiger charge is 2.13. The number of rotatable bonds is 4. The predicted octanol–water partition coefficient (Wildman–Crippen LogP) is 3.03. The van der Waals surface area contributed by atoms with Crippen LogP contribution in [-0.2, 0) is 6.42 Å². The monoisotopic (exact) mass is 244 g/mol. The summed E-state index contributed by atoms with van der Waals surface area (Å²) in [5.74, 6) is -0.193. The molecule has 0 fully saturated rings. The molecule has 2 nitrogen and oxygen atoms in total. The van der Waals surface area contributed by atoms with E-state index in [0.717, 1.165) is 23.1 Å². The van der Waals surface area contributed by atoms with Gasteiger partial charge in [-0.1, -0.05) is 12.1 Å². The largest absolute Gasteiger partial charge is 0.313 e. The molecule has 1 N–H and O–H groups in total. The van der Waals surface area contributed by atoms with Crippen LogP contribution < -0.4 is 5.32 Å². The molecule has 3 heteroatoms. The summed E-state index contributed by atoms with van der Waals surface area (Å²) in [5, 5.41) is 3.24. The fourth-order valence-electron chi connectivity index (χ4n) is 2.11. The summed E-state index contributed by atoms with van der Waals surface area (Å²) in [4.78, 5) is 4.10. The summed E-state index contributed by atoms with van der Waals surface area (Å²) in [5.41, 5.74) is 3.24. The molecule has 1 unspecified atom stereocenters. The molecule has 0 aliphatic carbocycles. The maximum absolute atomic E-state index is 13.3. The van der Waals surface area contributed by atoms with Crippen LogP contribution in [0.5, 0.6) is 0 Å². The van der Waals surface area contributed by atoms with Crippen LogP contribution >= 0.6 is 0 Å². The quantitative estimate of drug-likeness (QED) is 0.894. The molecule has 1 aromatic carbocycles. The standard InChI is InChI=1S/C15H17FN2/c1-11-5-6-13(16)9-14(11)15(17-2)8-12-4-3-7-18-10-12/h3-7,9-10,15,17H,8H2,1-2H3. The average Bonchev–Trinajstić information content (AvgIpc) is 2.40. The molecule has 18 heavy (non-hydrogen) atoms. The highest BCUT2D eigenvalue weighted by atomic mass is 19.1. The Morgan fingerprint density at radius 1 is 1.33 bits per heavy atom. The minimum absolute atomic E-state index is 0.102.